The first kappa shape index (κ1) is 29.8. The monoisotopic (exact) mass is 678 g/mol. The molecule has 0 amide bonds. The Labute approximate surface area is 307 Å². The highest BCUT2D eigenvalue weighted by molar-refractivity contribution is 6.16. The van der Waals surface area contributed by atoms with E-state index in [4.69, 9.17) is 4.42 Å². The summed E-state index contributed by atoms with van der Waals surface area (Å²) in [5, 5.41) is 8.39. The third-order valence-electron chi connectivity index (χ3n) is 11.0. The minimum absolute atomic E-state index is 0.876. The van der Waals surface area contributed by atoms with E-state index in [1.165, 1.54) is 60.5 Å². The van der Waals surface area contributed by atoms with E-state index in [2.05, 4.69) is 185 Å². The lowest BCUT2D eigenvalue weighted by molar-refractivity contribution is 0.669. The Kier molecular flexibility index (Phi) is 6.68. The van der Waals surface area contributed by atoms with E-state index in [0.717, 1.165) is 51.8 Å². The molecule has 3 heteroatoms. The van der Waals surface area contributed by atoms with Crippen LogP contribution >= 0.6 is 0 Å². The lowest BCUT2D eigenvalue weighted by Crippen LogP contribution is -2.11. The second-order valence-electron chi connectivity index (χ2n) is 14.0. The van der Waals surface area contributed by atoms with Gasteiger partial charge in [-0.3, -0.25) is 0 Å². The zero-order valence-electron chi connectivity index (χ0n) is 29.0. The van der Waals surface area contributed by atoms with E-state index in [9.17, 15) is 0 Å². The molecule has 10 aromatic rings. The van der Waals surface area contributed by atoms with Gasteiger partial charge >= 0.3 is 0 Å². The molecular formula is C50H34N2O. The molecule has 0 saturated carbocycles. The predicted molar refractivity (Wildman–Crippen MR) is 223 cm³/mol. The van der Waals surface area contributed by atoms with Crippen molar-refractivity contribution in [3.63, 3.8) is 0 Å². The smallest absolute Gasteiger partial charge is 0.159 e. The summed E-state index contributed by atoms with van der Waals surface area (Å²) in [5.41, 5.74) is 12.5. The van der Waals surface area contributed by atoms with E-state index in [0.29, 0.717) is 0 Å². The fraction of sp³-hybridized carbons (Fsp3) is 0.0400. The van der Waals surface area contributed by atoms with Crippen molar-refractivity contribution >= 4 is 77.5 Å². The topological polar surface area (TPSA) is 21.3 Å². The number of para-hydroxylation sites is 3. The number of fused-ring (bicyclic) bond motifs is 9. The molecular weight excluding hydrogens is 645 g/mol. The summed E-state index contributed by atoms with van der Waals surface area (Å²) in [6.45, 7) is 0. The summed E-state index contributed by atoms with van der Waals surface area (Å²) < 4.78 is 9.12. The van der Waals surface area contributed by atoms with Crippen molar-refractivity contribution in [2.45, 2.75) is 12.8 Å². The van der Waals surface area contributed by atoms with E-state index in [1.54, 1.807) is 0 Å². The number of hydrogen-bond donors (Lipinski definition) is 0. The Bertz CT molecular complexity index is 3050. The average Bonchev–Trinajstić information content (AvgIpc) is 3.78. The second-order valence-corrected chi connectivity index (χ2v) is 14.0. The molecule has 0 atom stereocenters. The third-order valence-corrected chi connectivity index (χ3v) is 11.0. The lowest BCUT2D eigenvalue weighted by Gasteiger charge is -2.27. The number of furan rings is 1. The normalized spacial score (nSPS) is 12.7. The quantitative estimate of drug-likeness (QED) is 0.169. The fourth-order valence-electron chi connectivity index (χ4n) is 8.61. The SMILES string of the molecule is C1=Cc2c(n(-c3ccccc3)c3ccc(-c4ccc(N(c5cc6ccccc6c6ccccc56)c5cccc6c5oc5ccccc56)cc4)cc23)CC1. The predicted octanol–water partition coefficient (Wildman–Crippen LogP) is 13.9. The van der Waals surface area contributed by atoms with E-state index < -0.39 is 0 Å². The van der Waals surface area contributed by atoms with Crippen LogP contribution in [0.1, 0.15) is 17.7 Å². The van der Waals surface area contributed by atoms with Crippen molar-refractivity contribution in [2.24, 2.45) is 0 Å². The highest BCUT2D eigenvalue weighted by Crippen LogP contribution is 2.46. The molecule has 8 aromatic carbocycles. The number of anilines is 3. The van der Waals surface area contributed by atoms with E-state index >= 15 is 0 Å². The van der Waals surface area contributed by atoms with E-state index in [-0.39, 0.29) is 0 Å². The van der Waals surface area contributed by atoms with Crippen LogP contribution in [0.3, 0.4) is 0 Å². The fourth-order valence-corrected chi connectivity index (χ4v) is 8.61. The molecule has 3 nitrogen and oxygen atoms in total. The summed E-state index contributed by atoms with van der Waals surface area (Å²) >= 11 is 0. The van der Waals surface area contributed by atoms with Crippen LogP contribution in [-0.4, -0.2) is 4.57 Å². The van der Waals surface area contributed by atoms with Gasteiger partial charge < -0.3 is 13.9 Å². The number of hydrogen-bond acceptors (Lipinski definition) is 2. The van der Waals surface area contributed by atoms with Crippen LogP contribution in [0, 0.1) is 0 Å². The van der Waals surface area contributed by atoms with Crippen LogP contribution in [0.25, 0.3) is 77.3 Å². The molecule has 0 spiro atoms. The van der Waals surface area contributed by atoms with Crippen molar-refractivity contribution in [2.75, 3.05) is 4.90 Å². The van der Waals surface area contributed by atoms with Crippen molar-refractivity contribution < 1.29 is 4.42 Å². The molecule has 250 valence electrons. The molecule has 1 aliphatic rings. The van der Waals surface area contributed by atoms with Gasteiger partial charge in [0.25, 0.3) is 0 Å². The molecule has 53 heavy (non-hydrogen) atoms. The minimum Gasteiger partial charge on any atom is -0.454 e. The van der Waals surface area contributed by atoms with E-state index in [1.807, 2.05) is 6.07 Å². The number of allylic oxidation sites excluding steroid dienone is 1. The molecule has 1 aliphatic carbocycles. The van der Waals surface area contributed by atoms with Crippen molar-refractivity contribution in [1.29, 1.82) is 0 Å². The first-order valence-electron chi connectivity index (χ1n) is 18.4. The summed E-state index contributed by atoms with van der Waals surface area (Å²) in [7, 11) is 0. The maximum Gasteiger partial charge on any atom is 0.159 e. The first-order chi connectivity index (χ1) is 26.3. The van der Waals surface area contributed by atoms with Crippen LogP contribution in [-0.2, 0) is 6.42 Å². The van der Waals surface area contributed by atoms with Crippen LogP contribution in [0.2, 0.25) is 0 Å². The molecule has 2 heterocycles. The first-order valence-corrected chi connectivity index (χ1v) is 18.4. The molecule has 0 N–H and O–H groups in total. The van der Waals surface area contributed by atoms with Crippen molar-refractivity contribution in [3.05, 3.63) is 187 Å². The molecule has 0 fully saturated rings. The highest BCUT2D eigenvalue weighted by Gasteiger charge is 2.23. The Morgan fingerprint density at radius 1 is 0.509 bits per heavy atom. The number of rotatable bonds is 5. The molecule has 2 aromatic heterocycles. The Morgan fingerprint density at radius 2 is 1.23 bits per heavy atom. The van der Waals surface area contributed by atoms with Gasteiger partial charge in [0.2, 0.25) is 0 Å². The van der Waals surface area contributed by atoms with Gasteiger partial charge in [-0.15, -0.1) is 0 Å². The third kappa shape index (κ3) is 4.67. The van der Waals surface area contributed by atoms with Gasteiger partial charge in [-0.1, -0.05) is 127 Å². The van der Waals surface area contributed by atoms with Crippen LogP contribution in [0.4, 0.5) is 17.1 Å². The van der Waals surface area contributed by atoms with Gasteiger partial charge in [-0.25, -0.2) is 0 Å². The lowest BCUT2D eigenvalue weighted by atomic mass is 9.97. The van der Waals surface area contributed by atoms with Crippen molar-refractivity contribution in [3.8, 4) is 16.8 Å². The standard InChI is InChI=1S/C50H34N2O/c1-2-14-36(15-3-1)51-45-22-10-8-19-41(45)44-31-34(27-30-46(44)51)33-25-28-37(29-26-33)52(47-23-12-21-43-42-20-9-11-24-49(42)53-50(43)47)48-32-35-13-4-5-16-38(35)39-17-6-7-18-40(39)48/h1-9,11-21,23-32H,10,22H2. The molecule has 0 bridgehead atoms. The Morgan fingerprint density at radius 3 is 2.09 bits per heavy atom. The number of nitrogens with zero attached hydrogens (tertiary/aromatic N) is 2. The zero-order valence-corrected chi connectivity index (χ0v) is 29.0. The van der Waals surface area contributed by atoms with Crippen molar-refractivity contribution in [1.82, 2.24) is 4.57 Å². The van der Waals surface area contributed by atoms with Gasteiger partial charge in [0, 0.05) is 44.2 Å². The molecule has 11 rings (SSSR count). The van der Waals surface area contributed by atoms with Gasteiger partial charge in [0.05, 0.1) is 16.9 Å². The number of aromatic nitrogens is 1. The minimum atomic E-state index is 0.876. The highest BCUT2D eigenvalue weighted by atomic mass is 16.3. The van der Waals surface area contributed by atoms with Crippen LogP contribution in [0.5, 0.6) is 0 Å². The number of benzene rings is 8. The molecule has 0 aliphatic heterocycles. The zero-order chi connectivity index (χ0) is 34.9. The van der Waals surface area contributed by atoms with Gasteiger partial charge in [0.1, 0.15) is 5.58 Å². The molecule has 0 saturated heterocycles. The second kappa shape index (κ2) is 11.9. The Balaban J connectivity index is 1.10. The summed E-state index contributed by atoms with van der Waals surface area (Å²) in [4.78, 5) is 2.38. The maximum absolute atomic E-state index is 6.67. The van der Waals surface area contributed by atoms with Crippen LogP contribution in [0.15, 0.2) is 180 Å². The van der Waals surface area contributed by atoms with Gasteiger partial charge in [-0.05, 0) is 94.7 Å². The van der Waals surface area contributed by atoms with Crippen LogP contribution < -0.4 is 4.90 Å². The largest absolute Gasteiger partial charge is 0.454 e. The summed E-state index contributed by atoms with van der Waals surface area (Å²) in [6, 6.07) is 61.3. The summed E-state index contributed by atoms with van der Waals surface area (Å²) in [6.07, 6.45) is 6.73. The molecule has 0 unspecified atom stereocenters. The summed E-state index contributed by atoms with van der Waals surface area (Å²) in [5.74, 6) is 0. The average molecular weight is 679 g/mol. The van der Waals surface area contributed by atoms with Gasteiger partial charge in [0.15, 0.2) is 5.58 Å². The maximum atomic E-state index is 6.67. The Hall–Kier alpha value is -6.84. The molecule has 0 radical (unpaired) electrons. The van der Waals surface area contributed by atoms with Gasteiger partial charge in [-0.2, -0.15) is 0 Å².